The monoisotopic (exact) mass is 430 g/mol. The number of carbonyl (C=O) groups is 1. The first kappa shape index (κ1) is 21.1. The number of nitrogens with zero attached hydrogens (tertiary/aromatic N) is 1. The van der Waals surface area contributed by atoms with Crippen LogP contribution in [0.4, 0.5) is 0 Å². The van der Waals surface area contributed by atoms with Gasteiger partial charge in [-0.15, -0.1) is 0 Å². The third kappa shape index (κ3) is 4.30. The first-order valence-corrected chi connectivity index (χ1v) is 10.1. The molecule has 0 spiro atoms. The van der Waals surface area contributed by atoms with Crippen molar-refractivity contribution in [3.05, 3.63) is 89.2 Å². The lowest BCUT2D eigenvalue weighted by Gasteiger charge is -2.25. The standard InChI is InChI=1S/C25H22N2O5/c1-15(2)16-5-7-17(8-6-16)30-14-23(28)31-18-9-10-19-22(12-18)32-25(27)20(13-26)24(19)21-4-3-11-29-21/h3-12,15,24H,14,27H2,1-2H3. The molecule has 0 bridgehead atoms. The maximum Gasteiger partial charge on any atom is 0.349 e. The van der Waals surface area contributed by atoms with Gasteiger partial charge in [0, 0.05) is 11.6 Å². The summed E-state index contributed by atoms with van der Waals surface area (Å²) in [5.41, 5.74) is 8.09. The molecule has 3 aromatic rings. The first-order valence-electron chi connectivity index (χ1n) is 10.1. The molecule has 7 nitrogen and oxygen atoms in total. The van der Waals surface area contributed by atoms with Gasteiger partial charge in [-0.3, -0.25) is 0 Å². The summed E-state index contributed by atoms with van der Waals surface area (Å²) in [5, 5.41) is 9.53. The Labute approximate surface area is 185 Å². The largest absolute Gasteiger partial charge is 0.482 e. The minimum absolute atomic E-state index is 0.0157. The van der Waals surface area contributed by atoms with Crippen molar-refractivity contribution in [2.75, 3.05) is 6.61 Å². The summed E-state index contributed by atoms with van der Waals surface area (Å²) in [6, 6.07) is 18.1. The van der Waals surface area contributed by atoms with Crippen molar-refractivity contribution in [2.24, 2.45) is 5.73 Å². The van der Waals surface area contributed by atoms with Gasteiger partial charge in [-0.1, -0.05) is 32.0 Å². The average molecular weight is 430 g/mol. The Hall–Kier alpha value is -4.18. The van der Waals surface area contributed by atoms with Gasteiger partial charge in [0.05, 0.1) is 12.2 Å². The molecular weight excluding hydrogens is 408 g/mol. The number of fused-ring (bicyclic) bond motifs is 1. The van der Waals surface area contributed by atoms with E-state index in [4.69, 9.17) is 24.4 Å². The number of nitriles is 1. The van der Waals surface area contributed by atoms with E-state index in [9.17, 15) is 10.1 Å². The van der Waals surface area contributed by atoms with Crippen molar-refractivity contribution < 1.29 is 23.4 Å². The van der Waals surface area contributed by atoms with Gasteiger partial charge in [-0.2, -0.15) is 5.26 Å². The second-order valence-corrected chi connectivity index (χ2v) is 7.63. The molecule has 1 atom stereocenters. The molecule has 2 N–H and O–H groups in total. The van der Waals surface area contributed by atoms with Crippen LogP contribution in [0.15, 0.2) is 76.7 Å². The molecule has 0 aliphatic carbocycles. The number of nitrogens with two attached hydrogens (primary N) is 1. The van der Waals surface area contributed by atoms with Crippen LogP contribution in [0, 0.1) is 11.3 Å². The summed E-state index contributed by atoms with van der Waals surface area (Å²) < 4.78 is 22.0. The predicted molar refractivity (Wildman–Crippen MR) is 116 cm³/mol. The molecule has 1 aliphatic heterocycles. The van der Waals surface area contributed by atoms with E-state index in [1.54, 1.807) is 30.3 Å². The van der Waals surface area contributed by atoms with Gasteiger partial charge in [-0.05, 0) is 41.8 Å². The summed E-state index contributed by atoms with van der Waals surface area (Å²) in [4.78, 5) is 12.3. The second kappa shape index (κ2) is 8.90. The summed E-state index contributed by atoms with van der Waals surface area (Å²) in [6.45, 7) is 3.97. The highest BCUT2D eigenvalue weighted by Gasteiger charge is 2.32. The molecule has 2 aromatic carbocycles. The Morgan fingerprint density at radius 1 is 1.16 bits per heavy atom. The van der Waals surface area contributed by atoms with E-state index in [2.05, 4.69) is 19.9 Å². The van der Waals surface area contributed by atoms with Crippen molar-refractivity contribution in [2.45, 2.75) is 25.7 Å². The normalized spacial score (nSPS) is 15.0. The van der Waals surface area contributed by atoms with Crippen molar-refractivity contribution >= 4 is 5.97 Å². The molecule has 0 radical (unpaired) electrons. The molecule has 4 rings (SSSR count). The van der Waals surface area contributed by atoms with Gasteiger partial charge in [0.15, 0.2) is 6.61 Å². The second-order valence-electron chi connectivity index (χ2n) is 7.63. The topological polar surface area (TPSA) is 108 Å². The maximum absolute atomic E-state index is 12.3. The Morgan fingerprint density at radius 3 is 2.56 bits per heavy atom. The number of rotatable bonds is 6. The van der Waals surface area contributed by atoms with E-state index in [0.29, 0.717) is 28.7 Å². The van der Waals surface area contributed by atoms with E-state index in [1.165, 1.54) is 11.8 Å². The minimum Gasteiger partial charge on any atom is -0.482 e. The van der Waals surface area contributed by atoms with Crippen LogP contribution in [0.3, 0.4) is 0 Å². The van der Waals surface area contributed by atoms with Crippen molar-refractivity contribution in [3.8, 4) is 23.3 Å². The van der Waals surface area contributed by atoms with Crippen molar-refractivity contribution in [3.63, 3.8) is 0 Å². The number of ether oxygens (including phenoxy) is 3. The quantitative estimate of drug-likeness (QED) is 0.449. The average Bonchev–Trinajstić information content (AvgIpc) is 3.31. The first-order chi connectivity index (χ1) is 15.5. The van der Waals surface area contributed by atoms with Crippen LogP contribution in [0.25, 0.3) is 0 Å². The number of hydrogen-bond donors (Lipinski definition) is 1. The number of hydrogen-bond acceptors (Lipinski definition) is 7. The van der Waals surface area contributed by atoms with E-state index in [0.717, 1.165) is 0 Å². The SMILES string of the molecule is CC(C)c1ccc(OCC(=O)Oc2ccc3c(c2)OC(N)=C(C#N)C3c2ccco2)cc1. The minimum atomic E-state index is -0.558. The van der Waals surface area contributed by atoms with E-state index >= 15 is 0 Å². The lowest BCUT2D eigenvalue weighted by Crippen LogP contribution is -2.21. The molecule has 0 saturated heterocycles. The van der Waals surface area contributed by atoms with E-state index < -0.39 is 11.9 Å². The Morgan fingerprint density at radius 2 is 1.91 bits per heavy atom. The van der Waals surface area contributed by atoms with Crippen LogP contribution in [0.2, 0.25) is 0 Å². The lowest BCUT2D eigenvalue weighted by molar-refractivity contribution is -0.136. The molecule has 2 heterocycles. The Bertz CT molecular complexity index is 1190. The fourth-order valence-electron chi connectivity index (χ4n) is 3.50. The van der Waals surface area contributed by atoms with Gasteiger partial charge in [0.2, 0.25) is 5.88 Å². The summed E-state index contributed by atoms with van der Waals surface area (Å²) in [6.07, 6.45) is 1.53. The van der Waals surface area contributed by atoms with Crippen LogP contribution in [-0.2, 0) is 4.79 Å². The molecule has 0 saturated carbocycles. The van der Waals surface area contributed by atoms with Gasteiger partial charge in [-0.25, -0.2) is 4.79 Å². The molecule has 7 heteroatoms. The molecule has 32 heavy (non-hydrogen) atoms. The third-order valence-electron chi connectivity index (χ3n) is 5.15. The van der Waals surface area contributed by atoms with Gasteiger partial charge in [0.1, 0.15) is 34.7 Å². The van der Waals surface area contributed by atoms with Gasteiger partial charge < -0.3 is 24.4 Å². The molecule has 1 unspecified atom stereocenters. The zero-order chi connectivity index (χ0) is 22.7. The summed E-state index contributed by atoms with van der Waals surface area (Å²) >= 11 is 0. The number of allylic oxidation sites excluding steroid dienone is 1. The predicted octanol–water partition coefficient (Wildman–Crippen LogP) is 4.61. The van der Waals surface area contributed by atoms with E-state index in [-0.39, 0.29) is 23.8 Å². The summed E-state index contributed by atoms with van der Waals surface area (Å²) in [7, 11) is 0. The van der Waals surface area contributed by atoms with Crippen LogP contribution in [0.5, 0.6) is 17.2 Å². The number of benzene rings is 2. The molecular formula is C25H22N2O5. The Balaban J connectivity index is 1.46. The van der Waals surface area contributed by atoms with Crippen LogP contribution >= 0.6 is 0 Å². The molecule has 0 fully saturated rings. The zero-order valence-electron chi connectivity index (χ0n) is 17.7. The summed E-state index contributed by atoms with van der Waals surface area (Å²) in [5.74, 6) is 1.16. The fraction of sp³-hybridized carbons (Fsp3) is 0.200. The fourth-order valence-corrected chi connectivity index (χ4v) is 3.50. The highest BCUT2D eigenvalue weighted by atomic mass is 16.6. The number of carbonyl (C=O) groups excluding carboxylic acids is 1. The number of furan rings is 1. The highest BCUT2D eigenvalue weighted by molar-refractivity contribution is 5.74. The van der Waals surface area contributed by atoms with E-state index in [1.807, 2.05) is 24.3 Å². The van der Waals surface area contributed by atoms with Crippen LogP contribution in [-0.4, -0.2) is 12.6 Å². The van der Waals surface area contributed by atoms with Crippen LogP contribution < -0.4 is 19.9 Å². The van der Waals surface area contributed by atoms with Gasteiger partial charge >= 0.3 is 5.97 Å². The lowest BCUT2D eigenvalue weighted by atomic mass is 9.87. The smallest absolute Gasteiger partial charge is 0.349 e. The van der Waals surface area contributed by atoms with Crippen LogP contribution in [0.1, 0.15) is 42.6 Å². The molecule has 1 aromatic heterocycles. The molecule has 0 amide bonds. The third-order valence-corrected chi connectivity index (χ3v) is 5.15. The maximum atomic E-state index is 12.3. The number of esters is 1. The zero-order valence-corrected chi connectivity index (χ0v) is 17.7. The van der Waals surface area contributed by atoms with Crippen molar-refractivity contribution in [1.82, 2.24) is 0 Å². The molecule has 162 valence electrons. The van der Waals surface area contributed by atoms with Crippen molar-refractivity contribution in [1.29, 1.82) is 5.26 Å². The highest BCUT2D eigenvalue weighted by Crippen LogP contribution is 2.43. The van der Waals surface area contributed by atoms with Gasteiger partial charge in [0.25, 0.3) is 0 Å². The molecule has 1 aliphatic rings. The Kier molecular flexibility index (Phi) is 5.86.